The lowest BCUT2D eigenvalue weighted by atomic mass is 10.1. The van der Waals surface area contributed by atoms with Gasteiger partial charge in [-0.2, -0.15) is 5.26 Å². The van der Waals surface area contributed by atoms with Crippen LogP contribution in [0.4, 0.5) is 0 Å². The molecule has 2 aromatic rings. The molecule has 0 saturated heterocycles. The SMILES string of the molecule is CC1(C)C(CC(Cl)(Cl)Cl)C1C(=O)OC(C#N)c1ccccc1Oc1ccccc1. The topological polar surface area (TPSA) is 59.3 Å². The molecular weight excluding hydrogens is 433 g/mol. The Bertz CT molecular complexity index is 919. The number of rotatable bonds is 6. The summed E-state index contributed by atoms with van der Waals surface area (Å²) in [5, 5.41) is 9.66. The Hall–Kier alpha value is -1.93. The molecule has 0 heterocycles. The van der Waals surface area contributed by atoms with Crippen LogP contribution in [0.15, 0.2) is 54.6 Å². The molecule has 1 aliphatic rings. The maximum absolute atomic E-state index is 12.8. The Balaban J connectivity index is 1.76. The Labute approximate surface area is 185 Å². The van der Waals surface area contributed by atoms with Crippen LogP contribution in [-0.4, -0.2) is 9.76 Å². The molecule has 0 spiro atoms. The van der Waals surface area contributed by atoms with Gasteiger partial charge in [0.15, 0.2) is 3.79 Å². The normalized spacial score (nSPS) is 21.0. The van der Waals surface area contributed by atoms with Gasteiger partial charge in [-0.3, -0.25) is 4.79 Å². The second-order valence-electron chi connectivity index (χ2n) is 7.62. The zero-order valence-electron chi connectivity index (χ0n) is 15.9. The Morgan fingerprint density at radius 3 is 2.38 bits per heavy atom. The van der Waals surface area contributed by atoms with E-state index in [1.54, 1.807) is 36.4 Å². The van der Waals surface area contributed by atoms with Gasteiger partial charge in [-0.05, 0) is 36.0 Å². The van der Waals surface area contributed by atoms with Gasteiger partial charge in [0, 0.05) is 5.56 Å². The van der Waals surface area contributed by atoms with Crippen molar-refractivity contribution >= 4 is 40.8 Å². The number of carbonyl (C=O) groups is 1. The van der Waals surface area contributed by atoms with Crippen LogP contribution in [0.3, 0.4) is 0 Å². The Kier molecular flexibility index (Phi) is 6.33. The van der Waals surface area contributed by atoms with E-state index in [0.717, 1.165) is 0 Å². The van der Waals surface area contributed by atoms with Crippen LogP contribution in [0.25, 0.3) is 0 Å². The van der Waals surface area contributed by atoms with Crippen molar-refractivity contribution in [3.8, 4) is 17.6 Å². The van der Waals surface area contributed by atoms with Crippen molar-refractivity contribution in [1.29, 1.82) is 5.26 Å². The molecule has 1 saturated carbocycles. The molecule has 3 unspecified atom stereocenters. The predicted molar refractivity (Wildman–Crippen MR) is 113 cm³/mol. The zero-order valence-corrected chi connectivity index (χ0v) is 18.2. The monoisotopic (exact) mass is 451 g/mol. The van der Waals surface area contributed by atoms with Crippen molar-refractivity contribution in [2.75, 3.05) is 0 Å². The summed E-state index contributed by atoms with van der Waals surface area (Å²) in [4.78, 5) is 12.8. The number of halogens is 3. The van der Waals surface area contributed by atoms with Gasteiger partial charge in [0.1, 0.15) is 17.6 Å². The molecule has 152 valence electrons. The summed E-state index contributed by atoms with van der Waals surface area (Å²) < 4.78 is 10.00. The third-order valence-electron chi connectivity index (χ3n) is 5.28. The van der Waals surface area contributed by atoms with Crippen molar-refractivity contribution in [3.05, 3.63) is 60.2 Å². The highest BCUT2D eigenvalue weighted by molar-refractivity contribution is 6.67. The molecule has 3 rings (SSSR count). The minimum Gasteiger partial charge on any atom is -0.457 e. The van der Waals surface area contributed by atoms with E-state index in [1.807, 2.05) is 38.1 Å². The first-order valence-corrected chi connectivity index (χ1v) is 10.3. The molecule has 3 atom stereocenters. The van der Waals surface area contributed by atoms with Gasteiger partial charge in [-0.15, -0.1) is 0 Å². The molecule has 7 heteroatoms. The van der Waals surface area contributed by atoms with E-state index in [9.17, 15) is 10.1 Å². The summed E-state index contributed by atoms with van der Waals surface area (Å²) in [5.41, 5.74) is 0.115. The first-order chi connectivity index (χ1) is 13.6. The van der Waals surface area contributed by atoms with Crippen molar-refractivity contribution in [2.24, 2.45) is 17.3 Å². The number of carbonyl (C=O) groups excluding carboxylic acids is 1. The predicted octanol–water partition coefficient (Wildman–Crippen LogP) is 6.62. The number of benzene rings is 2. The van der Waals surface area contributed by atoms with Crippen LogP contribution >= 0.6 is 34.8 Å². The van der Waals surface area contributed by atoms with Gasteiger partial charge >= 0.3 is 5.97 Å². The number of esters is 1. The molecule has 0 amide bonds. The molecule has 1 aliphatic carbocycles. The lowest BCUT2D eigenvalue weighted by Gasteiger charge is -2.16. The summed E-state index contributed by atoms with van der Waals surface area (Å²) in [5.74, 6) is 0.0316. The number of nitrogens with zero attached hydrogens (tertiary/aromatic N) is 1. The van der Waals surface area contributed by atoms with E-state index < -0.39 is 21.8 Å². The minimum absolute atomic E-state index is 0.127. The molecule has 0 radical (unpaired) electrons. The maximum atomic E-state index is 12.8. The van der Waals surface area contributed by atoms with E-state index in [-0.39, 0.29) is 17.8 Å². The molecule has 0 aromatic heterocycles. The van der Waals surface area contributed by atoms with Crippen molar-refractivity contribution in [3.63, 3.8) is 0 Å². The Morgan fingerprint density at radius 1 is 1.14 bits per heavy atom. The van der Waals surface area contributed by atoms with Gasteiger partial charge in [0.25, 0.3) is 0 Å². The van der Waals surface area contributed by atoms with E-state index in [0.29, 0.717) is 17.1 Å². The second-order valence-corrected chi connectivity index (χ2v) is 10.1. The van der Waals surface area contributed by atoms with Gasteiger partial charge in [-0.1, -0.05) is 85.0 Å². The van der Waals surface area contributed by atoms with Gasteiger partial charge in [0.2, 0.25) is 6.10 Å². The molecular formula is C22H20Cl3NO3. The standard InChI is InChI=1S/C22H20Cl3NO3/c1-21(2)16(12-22(23,24)25)19(21)20(27)29-18(13-26)15-10-6-7-11-17(15)28-14-8-4-3-5-9-14/h3-11,16,18-19H,12H2,1-2H3. The maximum Gasteiger partial charge on any atom is 0.311 e. The lowest BCUT2D eigenvalue weighted by Crippen LogP contribution is -2.15. The van der Waals surface area contributed by atoms with Crippen LogP contribution in [0.5, 0.6) is 11.5 Å². The highest BCUT2D eigenvalue weighted by Gasteiger charge is 2.64. The minimum atomic E-state index is -1.44. The largest absolute Gasteiger partial charge is 0.457 e. The second kappa shape index (κ2) is 8.44. The fourth-order valence-electron chi connectivity index (χ4n) is 3.60. The molecule has 0 N–H and O–H groups in total. The molecule has 0 aliphatic heterocycles. The molecule has 0 bridgehead atoms. The third kappa shape index (κ3) is 5.17. The summed E-state index contributed by atoms with van der Waals surface area (Å²) in [6.45, 7) is 3.85. The number of hydrogen-bond donors (Lipinski definition) is 0. The van der Waals surface area contributed by atoms with Crippen LogP contribution < -0.4 is 4.74 Å². The zero-order chi connectivity index (χ0) is 21.2. The van der Waals surface area contributed by atoms with E-state index in [1.165, 1.54) is 0 Å². The average Bonchev–Trinajstić information content (AvgIpc) is 3.19. The van der Waals surface area contributed by atoms with Crippen molar-refractivity contribution in [2.45, 2.75) is 30.2 Å². The summed E-state index contributed by atoms with van der Waals surface area (Å²) in [6.07, 6.45) is -0.859. The van der Waals surface area contributed by atoms with Gasteiger partial charge in [0.05, 0.1) is 5.92 Å². The van der Waals surface area contributed by atoms with Crippen LogP contribution in [0.1, 0.15) is 31.9 Å². The number of nitriles is 1. The van der Waals surface area contributed by atoms with E-state index >= 15 is 0 Å². The lowest BCUT2D eigenvalue weighted by molar-refractivity contribution is -0.149. The van der Waals surface area contributed by atoms with Crippen LogP contribution in [0, 0.1) is 28.6 Å². The first kappa shape index (κ1) is 21.8. The van der Waals surface area contributed by atoms with E-state index in [2.05, 4.69) is 0 Å². The highest BCUT2D eigenvalue weighted by atomic mass is 35.6. The third-order valence-corrected chi connectivity index (χ3v) is 5.74. The summed E-state index contributed by atoms with van der Waals surface area (Å²) in [7, 11) is 0. The molecule has 29 heavy (non-hydrogen) atoms. The number of alkyl halides is 3. The molecule has 2 aromatic carbocycles. The number of para-hydroxylation sites is 2. The first-order valence-electron chi connectivity index (χ1n) is 9.12. The highest BCUT2D eigenvalue weighted by Crippen LogP contribution is 2.63. The Morgan fingerprint density at radius 2 is 1.76 bits per heavy atom. The van der Waals surface area contributed by atoms with Gasteiger partial charge < -0.3 is 9.47 Å². The fourth-order valence-corrected chi connectivity index (χ4v) is 4.10. The quantitative estimate of drug-likeness (QED) is 0.365. The number of ether oxygens (including phenoxy) is 2. The fraction of sp³-hybridized carbons (Fsp3) is 0.364. The van der Waals surface area contributed by atoms with Crippen molar-refractivity contribution in [1.82, 2.24) is 0 Å². The van der Waals surface area contributed by atoms with Crippen molar-refractivity contribution < 1.29 is 14.3 Å². The smallest absolute Gasteiger partial charge is 0.311 e. The molecule has 1 fully saturated rings. The van der Waals surface area contributed by atoms with E-state index in [4.69, 9.17) is 44.3 Å². The summed E-state index contributed by atoms with van der Waals surface area (Å²) in [6, 6.07) is 18.2. The van der Waals surface area contributed by atoms with Crippen LogP contribution in [0.2, 0.25) is 0 Å². The summed E-state index contributed by atoms with van der Waals surface area (Å²) >= 11 is 17.7. The van der Waals surface area contributed by atoms with Gasteiger partial charge in [-0.25, -0.2) is 0 Å². The number of hydrogen-bond acceptors (Lipinski definition) is 4. The van der Waals surface area contributed by atoms with Crippen LogP contribution in [-0.2, 0) is 9.53 Å². The molecule has 4 nitrogen and oxygen atoms in total. The average molecular weight is 453 g/mol.